The number of piperidine rings is 1. The molecule has 0 aromatic heterocycles. The number of rotatable bonds is 11. The summed E-state index contributed by atoms with van der Waals surface area (Å²) in [5, 5.41) is 3.41. The van der Waals surface area contributed by atoms with E-state index in [0.717, 1.165) is 57.9 Å². The Morgan fingerprint density at radius 3 is 2.56 bits per heavy atom. The van der Waals surface area contributed by atoms with E-state index >= 15 is 0 Å². The van der Waals surface area contributed by atoms with Gasteiger partial charge in [0.1, 0.15) is 0 Å². The summed E-state index contributed by atoms with van der Waals surface area (Å²) in [4.78, 5) is 20.9. The van der Waals surface area contributed by atoms with Crippen molar-refractivity contribution in [2.24, 2.45) is 16.6 Å². The molecule has 1 atom stereocenters. The van der Waals surface area contributed by atoms with E-state index in [1.165, 1.54) is 25.9 Å². The summed E-state index contributed by atoms with van der Waals surface area (Å²) >= 11 is 0. The van der Waals surface area contributed by atoms with Crippen LogP contribution in [0.2, 0.25) is 0 Å². The maximum Gasteiger partial charge on any atom is 0.217 e. The standard InChI is InChI=1S/C19H39N5O/c1-4-11-23(12-5-2)13-8-10-22-19(21-6-3)24-14-7-9-17(16-24)15-18(20)25/h17H,4-16H2,1-3H3,(H2,20,25)(H,21,22). The zero-order valence-electron chi connectivity index (χ0n) is 16.6. The minimum Gasteiger partial charge on any atom is -0.370 e. The molecule has 0 spiro atoms. The number of amides is 1. The van der Waals surface area contributed by atoms with Gasteiger partial charge in [0.15, 0.2) is 5.96 Å². The average molecular weight is 354 g/mol. The van der Waals surface area contributed by atoms with Crippen LogP contribution in [0, 0.1) is 5.92 Å². The molecule has 146 valence electrons. The van der Waals surface area contributed by atoms with E-state index in [2.05, 4.69) is 35.9 Å². The van der Waals surface area contributed by atoms with E-state index in [1.807, 2.05) is 0 Å². The van der Waals surface area contributed by atoms with Crippen LogP contribution in [0.4, 0.5) is 0 Å². The second-order valence-corrected chi connectivity index (χ2v) is 7.06. The van der Waals surface area contributed by atoms with Gasteiger partial charge in [-0.1, -0.05) is 13.8 Å². The number of primary amides is 1. The highest BCUT2D eigenvalue weighted by atomic mass is 16.1. The third kappa shape index (κ3) is 9.10. The quantitative estimate of drug-likeness (QED) is 0.339. The fraction of sp³-hybridized carbons (Fsp3) is 0.895. The van der Waals surface area contributed by atoms with E-state index in [4.69, 9.17) is 10.7 Å². The number of carbonyl (C=O) groups excluding carboxylic acids is 1. The lowest BCUT2D eigenvalue weighted by Gasteiger charge is -2.34. The van der Waals surface area contributed by atoms with Crippen molar-refractivity contribution in [1.29, 1.82) is 0 Å². The number of hydrogen-bond acceptors (Lipinski definition) is 3. The Morgan fingerprint density at radius 1 is 1.24 bits per heavy atom. The number of nitrogens with zero attached hydrogens (tertiary/aromatic N) is 3. The first-order valence-electron chi connectivity index (χ1n) is 10.1. The van der Waals surface area contributed by atoms with Crippen LogP contribution in [0.3, 0.4) is 0 Å². The Kier molecular flexibility index (Phi) is 11.3. The van der Waals surface area contributed by atoms with Gasteiger partial charge in [-0.2, -0.15) is 0 Å². The van der Waals surface area contributed by atoms with Crippen molar-refractivity contribution in [1.82, 2.24) is 15.1 Å². The Labute approximate surface area is 154 Å². The molecule has 0 saturated carbocycles. The van der Waals surface area contributed by atoms with Gasteiger partial charge in [-0.3, -0.25) is 9.79 Å². The van der Waals surface area contributed by atoms with Gasteiger partial charge in [0.25, 0.3) is 0 Å². The van der Waals surface area contributed by atoms with E-state index in [-0.39, 0.29) is 5.91 Å². The molecule has 0 bridgehead atoms. The molecule has 1 fully saturated rings. The number of aliphatic imine (C=N–C) groups is 1. The zero-order chi connectivity index (χ0) is 18.5. The number of carbonyl (C=O) groups is 1. The maximum atomic E-state index is 11.2. The Hall–Kier alpha value is -1.30. The summed E-state index contributed by atoms with van der Waals surface area (Å²) in [6, 6.07) is 0. The van der Waals surface area contributed by atoms with Gasteiger partial charge < -0.3 is 20.9 Å². The van der Waals surface area contributed by atoms with Crippen molar-refractivity contribution >= 4 is 11.9 Å². The highest BCUT2D eigenvalue weighted by Crippen LogP contribution is 2.19. The van der Waals surface area contributed by atoms with Crippen molar-refractivity contribution in [2.45, 2.75) is 59.3 Å². The van der Waals surface area contributed by atoms with E-state index in [1.54, 1.807) is 0 Å². The topological polar surface area (TPSA) is 74.0 Å². The van der Waals surface area contributed by atoms with Crippen LogP contribution in [-0.4, -0.2) is 67.5 Å². The molecule has 3 N–H and O–H groups in total. The lowest BCUT2D eigenvalue weighted by atomic mass is 9.95. The molecule has 25 heavy (non-hydrogen) atoms. The first-order valence-corrected chi connectivity index (χ1v) is 10.1. The minimum atomic E-state index is -0.194. The summed E-state index contributed by atoms with van der Waals surface area (Å²) in [5.41, 5.74) is 5.37. The first-order chi connectivity index (χ1) is 12.1. The highest BCUT2D eigenvalue weighted by Gasteiger charge is 2.23. The van der Waals surface area contributed by atoms with Crippen LogP contribution in [0.15, 0.2) is 4.99 Å². The predicted molar refractivity (Wildman–Crippen MR) is 106 cm³/mol. The summed E-state index contributed by atoms with van der Waals surface area (Å²) in [7, 11) is 0. The second kappa shape index (κ2) is 13.0. The van der Waals surface area contributed by atoms with Gasteiger partial charge in [0, 0.05) is 32.6 Å². The van der Waals surface area contributed by atoms with Gasteiger partial charge in [-0.05, 0) is 64.6 Å². The highest BCUT2D eigenvalue weighted by molar-refractivity contribution is 5.80. The Balaban J connectivity index is 2.50. The predicted octanol–water partition coefficient (Wildman–Crippen LogP) is 2.05. The van der Waals surface area contributed by atoms with Gasteiger partial charge in [0.05, 0.1) is 0 Å². The molecule has 0 aromatic carbocycles. The molecular weight excluding hydrogens is 314 g/mol. The SMILES string of the molecule is CCCN(CCC)CCCN=C(NCC)N1CCCC(CC(N)=O)C1. The molecule has 1 unspecified atom stereocenters. The fourth-order valence-electron chi connectivity index (χ4n) is 3.58. The third-order valence-electron chi connectivity index (χ3n) is 4.62. The van der Waals surface area contributed by atoms with E-state index in [9.17, 15) is 4.79 Å². The van der Waals surface area contributed by atoms with Crippen LogP contribution in [0.1, 0.15) is 59.3 Å². The van der Waals surface area contributed by atoms with Gasteiger partial charge in [0.2, 0.25) is 5.91 Å². The molecule has 0 aromatic rings. The zero-order valence-corrected chi connectivity index (χ0v) is 16.6. The van der Waals surface area contributed by atoms with Crippen LogP contribution in [0.5, 0.6) is 0 Å². The monoisotopic (exact) mass is 353 g/mol. The van der Waals surface area contributed by atoms with Gasteiger partial charge in [-0.25, -0.2) is 0 Å². The average Bonchev–Trinajstić information content (AvgIpc) is 2.57. The van der Waals surface area contributed by atoms with Crippen LogP contribution in [-0.2, 0) is 4.79 Å². The molecule has 1 rings (SSSR count). The summed E-state index contributed by atoms with van der Waals surface area (Å²) in [5.74, 6) is 1.16. The lowest BCUT2D eigenvalue weighted by Crippen LogP contribution is -2.47. The summed E-state index contributed by atoms with van der Waals surface area (Å²) in [6.07, 6.45) is 6.18. The fourth-order valence-corrected chi connectivity index (χ4v) is 3.58. The van der Waals surface area contributed by atoms with Crippen molar-refractivity contribution in [3.05, 3.63) is 0 Å². The molecule has 1 heterocycles. The Bertz CT molecular complexity index is 393. The molecule has 1 aliphatic heterocycles. The molecule has 6 nitrogen and oxygen atoms in total. The number of nitrogens with two attached hydrogens (primary N) is 1. The molecule has 1 saturated heterocycles. The van der Waals surface area contributed by atoms with Gasteiger partial charge >= 0.3 is 0 Å². The molecule has 0 aliphatic carbocycles. The summed E-state index contributed by atoms with van der Waals surface area (Å²) in [6.45, 7) is 13.7. The second-order valence-electron chi connectivity index (χ2n) is 7.06. The van der Waals surface area contributed by atoms with Crippen LogP contribution < -0.4 is 11.1 Å². The number of guanidine groups is 1. The van der Waals surface area contributed by atoms with Crippen molar-refractivity contribution < 1.29 is 4.79 Å². The van der Waals surface area contributed by atoms with Crippen molar-refractivity contribution in [3.63, 3.8) is 0 Å². The van der Waals surface area contributed by atoms with Gasteiger partial charge in [-0.15, -0.1) is 0 Å². The summed E-state index contributed by atoms with van der Waals surface area (Å²) < 4.78 is 0. The smallest absolute Gasteiger partial charge is 0.217 e. The van der Waals surface area contributed by atoms with Crippen LogP contribution >= 0.6 is 0 Å². The minimum absolute atomic E-state index is 0.194. The maximum absolute atomic E-state index is 11.2. The third-order valence-corrected chi connectivity index (χ3v) is 4.62. The Morgan fingerprint density at radius 2 is 1.96 bits per heavy atom. The van der Waals surface area contributed by atoms with Crippen molar-refractivity contribution in [2.75, 3.05) is 45.8 Å². The first kappa shape index (κ1) is 21.7. The lowest BCUT2D eigenvalue weighted by molar-refractivity contribution is -0.119. The number of hydrogen-bond donors (Lipinski definition) is 2. The molecule has 6 heteroatoms. The van der Waals surface area contributed by atoms with E-state index in [0.29, 0.717) is 12.3 Å². The largest absolute Gasteiger partial charge is 0.370 e. The van der Waals surface area contributed by atoms with Crippen molar-refractivity contribution in [3.8, 4) is 0 Å². The molecule has 1 aliphatic rings. The number of likely N-dealkylation sites (tertiary alicyclic amines) is 1. The van der Waals surface area contributed by atoms with E-state index < -0.39 is 0 Å². The normalized spacial score (nSPS) is 18.6. The number of nitrogens with one attached hydrogen (secondary N) is 1. The molecular formula is C19H39N5O. The molecule has 1 amide bonds. The molecule has 0 radical (unpaired) electrons. The van der Waals surface area contributed by atoms with Crippen LogP contribution in [0.25, 0.3) is 0 Å².